The van der Waals surface area contributed by atoms with E-state index in [-0.39, 0.29) is 11.4 Å². The monoisotopic (exact) mass is 421 g/mol. The van der Waals surface area contributed by atoms with Crippen molar-refractivity contribution in [3.8, 4) is 11.1 Å². The smallest absolute Gasteiger partial charge is 0.354 e. The molecule has 1 aromatic heterocycles. The number of carbonyl (C=O) groups excluding carboxylic acids is 1. The third-order valence-corrected chi connectivity index (χ3v) is 5.10. The number of aliphatic hydroxyl groups is 1. The largest absolute Gasteiger partial charge is 0.477 e. The van der Waals surface area contributed by atoms with Crippen molar-refractivity contribution >= 4 is 11.9 Å². The Morgan fingerprint density at radius 2 is 1.74 bits per heavy atom. The molecule has 0 fully saturated rings. The molecular weight excluding hydrogens is 394 g/mol. The molecule has 1 amide bonds. The van der Waals surface area contributed by atoms with Crippen molar-refractivity contribution in [1.29, 1.82) is 0 Å². The van der Waals surface area contributed by atoms with Crippen molar-refractivity contribution in [2.75, 3.05) is 0 Å². The predicted octanol–water partition coefficient (Wildman–Crippen LogP) is 3.58. The number of aryl methyl sites for hydroxylation is 1. The fraction of sp³-hybridized carbons (Fsp3) is 0.292. The second-order valence-corrected chi connectivity index (χ2v) is 8.03. The van der Waals surface area contributed by atoms with Crippen LogP contribution in [-0.4, -0.2) is 31.6 Å². The second-order valence-electron chi connectivity index (χ2n) is 8.03. The molecule has 7 heteroatoms. The SMILES string of the molecule is CCCc1nc(C(C)(C)O)c(C(=O)O)n1Cc1ccc(-c2ccccc2C(N)=O)cc1. The topological polar surface area (TPSA) is 118 Å². The zero-order valence-electron chi connectivity index (χ0n) is 17.9. The van der Waals surface area contributed by atoms with E-state index in [2.05, 4.69) is 4.98 Å². The molecule has 0 aliphatic carbocycles. The summed E-state index contributed by atoms with van der Waals surface area (Å²) in [7, 11) is 0. The highest BCUT2D eigenvalue weighted by Gasteiger charge is 2.31. The zero-order valence-corrected chi connectivity index (χ0v) is 17.9. The summed E-state index contributed by atoms with van der Waals surface area (Å²) >= 11 is 0. The van der Waals surface area contributed by atoms with Crippen molar-refractivity contribution in [3.05, 3.63) is 76.9 Å². The molecule has 0 atom stereocenters. The van der Waals surface area contributed by atoms with Crippen molar-refractivity contribution < 1.29 is 19.8 Å². The van der Waals surface area contributed by atoms with Crippen LogP contribution in [0.4, 0.5) is 0 Å². The molecule has 4 N–H and O–H groups in total. The second kappa shape index (κ2) is 8.73. The molecule has 3 aromatic rings. The molecule has 0 radical (unpaired) electrons. The molecule has 0 aliphatic rings. The van der Waals surface area contributed by atoms with Gasteiger partial charge in [-0.05, 0) is 43.0 Å². The van der Waals surface area contributed by atoms with E-state index in [4.69, 9.17) is 5.73 Å². The standard InChI is InChI=1S/C24H27N3O4/c1-4-7-19-26-21(24(2,3)31)20(23(29)30)27(19)14-15-10-12-16(13-11-15)17-8-5-6-9-18(17)22(25)28/h5-6,8-13,31H,4,7,14H2,1-3H3,(H2,25,28)(H,29,30). The molecule has 1 heterocycles. The number of rotatable bonds is 8. The molecule has 0 unspecified atom stereocenters. The summed E-state index contributed by atoms with van der Waals surface area (Å²) in [5.74, 6) is -0.994. The average molecular weight is 421 g/mol. The van der Waals surface area contributed by atoms with Gasteiger partial charge in [0.15, 0.2) is 5.69 Å². The first-order chi connectivity index (χ1) is 14.6. The third kappa shape index (κ3) is 4.67. The van der Waals surface area contributed by atoms with Gasteiger partial charge in [0, 0.05) is 18.5 Å². The van der Waals surface area contributed by atoms with E-state index >= 15 is 0 Å². The van der Waals surface area contributed by atoms with E-state index in [9.17, 15) is 19.8 Å². The molecule has 0 saturated heterocycles. The minimum absolute atomic E-state index is 0.000833. The number of hydrogen-bond acceptors (Lipinski definition) is 4. The Morgan fingerprint density at radius 3 is 2.29 bits per heavy atom. The van der Waals surface area contributed by atoms with Gasteiger partial charge in [-0.3, -0.25) is 4.79 Å². The van der Waals surface area contributed by atoms with Gasteiger partial charge in [0.25, 0.3) is 0 Å². The van der Waals surface area contributed by atoms with Crippen molar-refractivity contribution in [2.45, 2.75) is 45.8 Å². The van der Waals surface area contributed by atoms with Crippen LogP contribution in [0.3, 0.4) is 0 Å². The van der Waals surface area contributed by atoms with Gasteiger partial charge in [-0.2, -0.15) is 0 Å². The lowest BCUT2D eigenvalue weighted by Gasteiger charge is -2.16. The average Bonchev–Trinajstić information content (AvgIpc) is 3.07. The summed E-state index contributed by atoms with van der Waals surface area (Å²) in [4.78, 5) is 28.2. The highest BCUT2D eigenvalue weighted by atomic mass is 16.4. The lowest BCUT2D eigenvalue weighted by Crippen LogP contribution is -2.22. The van der Waals surface area contributed by atoms with Crippen LogP contribution in [0.25, 0.3) is 11.1 Å². The van der Waals surface area contributed by atoms with Crippen molar-refractivity contribution in [1.82, 2.24) is 9.55 Å². The Bertz CT molecular complexity index is 1110. The number of aromatic carboxylic acids is 1. The van der Waals surface area contributed by atoms with Crippen LogP contribution < -0.4 is 5.73 Å². The Hall–Kier alpha value is -3.45. The van der Waals surface area contributed by atoms with Gasteiger partial charge in [-0.15, -0.1) is 0 Å². The van der Waals surface area contributed by atoms with E-state index in [0.717, 1.165) is 23.1 Å². The van der Waals surface area contributed by atoms with Crippen LogP contribution in [0.1, 0.15) is 65.1 Å². The van der Waals surface area contributed by atoms with Crippen molar-refractivity contribution in [2.24, 2.45) is 5.73 Å². The van der Waals surface area contributed by atoms with E-state index in [0.29, 0.717) is 24.4 Å². The first-order valence-electron chi connectivity index (χ1n) is 10.2. The zero-order chi connectivity index (χ0) is 22.8. The van der Waals surface area contributed by atoms with Gasteiger partial charge in [-0.1, -0.05) is 49.4 Å². The van der Waals surface area contributed by atoms with Crippen LogP contribution in [0.15, 0.2) is 48.5 Å². The van der Waals surface area contributed by atoms with Crippen LogP contribution >= 0.6 is 0 Å². The summed E-state index contributed by atoms with van der Waals surface area (Å²) < 4.78 is 1.66. The fourth-order valence-corrected chi connectivity index (χ4v) is 3.65. The van der Waals surface area contributed by atoms with Crippen LogP contribution in [0, 0.1) is 0 Å². The third-order valence-electron chi connectivity index (χ3n) is 5.10. The van der Waals surface area contributed by atoms with Crippen LogP contribution in [0.2, 0.25) is 0 Å². The van der Waals surface area contributed by atoms with Gasteiger partial charge < -0.3 is 20.5 Å². The van der Waals surface area contributed by atoms with E-state index in [1.165, 1.54) is 13.8 Å². The Balaban J connectivity index is 2.01. The maximum absolute atomic E-state index is 12.0. The fourth-order valence-electron chi connectivity index (χ4n) is 3.65. The first-order valence-corrected chi connectivity index (χ1v) is 10.2. The normalized spacial score (nSPS) is 11.5. The van der Waals surface area contributed by atoms with Gasteiger partial charge in [0.1, 0.15) is 17.1 Å². The van der Waals surface area contributed by atoms with Crippen LogP contribution in [-0.2, 0) is 18.6 Å². The molecule has 0 spiro atoms. The number of benzene rings is 2. The maximum Gasteiger partial charge on any atom is 0.354 e. The Kier molecular flexibility index (Phi) is 6.27. The number of hydrogen-bond donors (Lipinski definition) is 3. The minimum Gasteiger partial charge on any atom is -0.477 e. The summed E-state index contributed by atoms with van der Waals surface area (Å²) in [6.45, 7) is 5.37. The minimum atomic E-state index is -1.37. The molecule has 3 rings (SSSR count). The quantitative estimate of drug-likeness (QED) is 0.514. The molecule has 2 aromatic carbocycles. The first kappa shape index (κ1) is 22.2. The maximum atomic E-state index is 12.0. The Labute approximate surface area is 181 Å². The number of amides is 1. The van der Waals surface area contributed by atoms with Gasteiger partial charge in [0.2, 0.25) is 5.91 Å². The molecule has 0 bridgehead atoms. The number of primary amides is 1. The van der Waals surface area contributed by atoms with Crippen LogP contribution in [0.5, 0.6) is 0 Å². The van der Waals surface area contributed by atoms with Gasteiger partial charge in [-0.25, -0.2) is 9.78 Å². The highest BCUT2D eigenvalue weighted by molar-refractivity contribution is 5.99. The number of carboxylic acid groups (broad SMARTS) is 1. The summed E-state index contributed by atoms with van der Waals surface area (Å²) in [6, 6.07) is 14.7. The van der Waals surface area contributed by atoms with Crippen molar-refractivity contribution in [3.63, 3.8) is 0 Å². The number of nitrogens with zero attached hydrogens (tertiary/aromatic N) is 2. The number of nitrogens with two attached hydrogens (primary N) is 1. The molecule has 0 aliphatic heterocycles. The molecular formula is C24H27N3O4. The molecule has 162 valence electrons. The number of carbonyl (C=O) groups is 2. The molecule has 0 saturated carbocycles. The highest BCUT2D eigenvalue weighted by Crippen LogP contribution is 2.27. The Morgan fingerprint density at radius 1 is 1.10 bits per heavy atom. The lowest BCUT2D eigenvalue weighted by molar-refractivity contribution is 0.0602. The van der Waals surface area contributed by atoms with E-state index in [1.807, 2.05) is 43.3 Å². The number of aromatic nitrogens is 2. The summed E-state index contributed by atoms with van der Waals surface area (Å²) in [5.41, 5.74) is 7.18. The number of imidazole rings is 1. The van der Waals surface area contributed by atoms with E-state index < -0.39 is 17.5 Å². The number of carboxylic acids is 1. The molecule has 31 heavy (non-hydrogen) atoms. The summed E-state index contributed by atoms with van der Waals surface area (Å²) in [6.07, 6.45) is 1.39. The van der Waals surface area contributed by atoms with Gasteiger partial charge in [0.05, 0.1) is 0 Å². The molecule has 7 nitrogen and oxygen atoms in total. The van der Waals surface area contributed by atoms with E-state index in [1.54, 1.807) is 16.7 Å². The predicted molar refractivity (Wildman–Crippen MR) is 118 cm³/mol. The lowest BCUT2D eigenvalue weighted by atomic mass is 9.98. The van der Waals surface area contributed by atoms with Gasteiger partial charge >= 0.3 is 5.97 Å². The summed E-state index contributed by atoms with van der Waals surface area (Å²) in [5, 5.41) is 20.3.